The zero-order chi connectivity index (χ0) is 12.8. The van der Waals surface area contributed by atoms with E-state index in [0.29, 0.717) is 11.8 Å². The van der Waals surface area contributed by atoms with Gasteiger partial charge in [0.2, 0.25) is 0 Å². The predicted molar refractivity (Wildman–Crippen MR) is 71.9 cm³/mol. The van der Waals surface area contributed by atoms with Crippen LogP contribution in [0.5, 0.6) is 0 Å². The first-order valence-electron chi connectivity index (χ1n) is 7.50. The normalized spacial score (nSPS) is 24.1. The summed E-state index contributed by atoms with van der Waals surface area (Å²) in [5.74, 6) is 2.29. The van der Waals surface area contributed by atoms with Gasteiger partial charge in [-0.25, -0.2) is 9.97 Å². The maximum Gasteiger partial charge on any atom is 0.157 e. The van der Waals surface area contributed by atoms with Crippen LogP contribution in [0.25, 0.3) is 0 Å². The lowest BCUT2D eigenvalue weighted by atomic mass is 10.0. The van der Waals surface area contributed by atoms with Gasteiger partial charge in [-0.1, -0.05) is 0 Å². The van der Waals surface area contributed by atoms with E-state index in [1.54, 1.807) is 7.11 Å². The van der Waals surface area contributed by atoms with Crippen molar-refractivity contribution < 1.29 is 4.74 Å². The van der Waals surface area contributed by atoms with Gasteiger partial charge in [-0.2, -0.15) is 0 Å². The van der Waals surface area contributed by atoms with E-state index in [1.807, 2.05) is 0 Å². The van der Waals surface area contributed by atoms with Gasteiger partial charge in [0.1, 0.15) is 6.10 Å². The van der Waals surface area contributed by atoms with Gasteiger partial charge in [0.15, 0.2) is 5.82 Å². The molecule has 0 bridgehead atoms. The first-order chi connectivity index (χ1) is 9.36. The van der Waals surface area contributed by atoms with Crippen LogP contribution < -0.4 is 5.32 Å². The zero-order valence-electron chi connectivity index (χ0n) is 11.5. The molecule has 102 valence electrons. The van der Waals surface area contributed by atoms with Gasteiger partial charge in [-0.3, -0.25) is 0 Å². The number of nitrogens with one attached hydrogen (secondary N) is 1. The SMILES string of the molecule is COC(c1nc2c(c(C3CC3)n1)CNCC2)C1CC1. The standard InChI is InChI=1S/C15H21N3O/c1-19-14(10-4-5-10)15-17-12-6-7-16-8-11(12)13(18-15)9-2-3-9/h9-10,14,16H,2-8H2,1H3. The van der Waals surface area contributed by atoms with Crippen LogP contribution in [-0.2, 0) is 17.7 Å². The van der Waals surface area contributed by atoms with Crippen molar-refractivity contribution in [1.29, 1.82) is 0 Å². The molecule has 2 aliphatic carbocycles. The Balaban J connectivity index is 1.76. The van der Waals surface area contributed by atoms with Crippen molar-refractivity contribution in [2.75, 3.05) is 13.7 Å². The Morgan fingerprint density at radius 1 is 1.21 bits per heavy atom. The lowest BCUT2D eigenvalue weighted by Crippen LogP contribution is -2.27. The molecule has 0 spiro atoms. The van der Waals surface area contributed by atoms with Crippen LogP contribution >= 0.6 is 0 Å². The van der Waals surface area contributed by atoms with Crippen LogP contribution in [0.3, 0.4) is 0 Å². The summed E-state index contributed by atoms with van der Waals surface area (Å²) in [4.78, 5) is 9.74. The number of methoxy groups -OCH3 is 1. The lowest BCUT2D eigenvalue weighted by Gasteiger charge is -2.22. The molecule has 0 aromatic carbocycles. The van der Waals surface area contributed by atoms with E-state index >= 15 is 0 Å². The zero-order valence-corrected chi connectivity index (χ0v) is 11.5. The number of hydrogen-bond acceptors (Lipinski definition) is 4. The topological polar surface area (TPSA) is 47.0 Å². The highest BCUT2D eigenvalue weighted by atomic mass is 16.5. The van der Waals surface area contributed by atoms with Crippen molar-refractivity contribution in [1.82, 2.24) is 15.3 Å². The summed E-state index contributed by atoms with van der Waals surface area (Å²) in [6, 6.07) is 0. The Labute approximate surface area is 114 Å². The Hall–Kier alpha value is -1.00. The minimum atomic E-state index is 0.123. The second-order valence-corrected chi connectivity index (χ2v) is 6.09. The molecule has 4 heteroatoms. The number of fused-ring (bicyclic) bond motifs is 1. The molecule has 2 fully saturated rings. The molecule has 0 amide bonds. The average Bonchev–Trinajstić information content (AvgIpc) is 3.30. The van der Waals surface area contributed by atoms with E-state index in [9.17, 15) is 0 Å². The summed E-state index contributed by atoms with van der Waals surface area (Å²) >= 11 is 0. The fourth-order valence-corrected chi connectivity index (χ4v) is 3.12. The minimum absolute atomic E-state index is 0.123. The van der Waals surface area contributed by atoms with Crippen LogP contribution in [0.15, 0.2) is 0 Å². The minimum Gasteiger partial charge on any atom is -0.373 e. The largest absolute Gasteiger partial charge is 0.373 e. The molecular weight excluding hydrogens is 238 g/mol. The van der Waals surface area contributed by atoms with Gasteiger partial charge in [0, 0.05) is 38.1 Å². The van der Waals surface area contributed by atoms with Gasteiger partial charge in [-0.15, -0.1) is 0 Å². The molecule has 2 heterocycles. The smallest absolute Gasteiger partial charge is 0.157 e. The molecular formula is C15H21N3O. The molecule has 19 heavy (non-hydrogen) atoms. The Bertz CT molecular complexity index is 494. The molecule has 1 N–H and O–H groups in total. The Morgan fingerprint density at radius 2 is 2.05 bits per heavy atom. The summed E-state index contributed by atoms with van der Waals surface area (Å²) in [5.41, 5.74) is 3.96. The molecule has 2 saturated carbocycles. The van der Waals surface area contributed by atoms with Crippen LogP contribution in [0.4, 0.5) is 0 Å². The van der Waals surface area contributed by atoms with Crippen molar-refractivity contribution in [2.24, 2.45) is 5.92 Å². The highest BCUT2D eigenvalue weighted by Crippen LogP contribution is 2.45. The van der Waals surface area contributed by atoms with Crippen molar-refractivity contribution in [3.63, 3.8) is 0 Å². The highest BCUT2D eigenvalue weighted by Gasteiger charge is 2.37. The van der Waals surface area contributed by atoms with Crippen molar-refractivity contribution in [2.45, 2.75) is 50.7 Å². The third kappa shape index (κ3) is 2.17. The van der Waals surface area contributed by atoms with E-state index in [-0.39, 0.29) is 6.10 Å². The molecule has 1 unspecified atom stereocenters. The van der Waals surface area contributed by atoms with Gasteiger partial charge >= 0.3 is 0 Å². The fraction of sp³-hybridized carbons (Fsp3) is 0.733. The first kappa shape index (κ1) is 11.8. The number of aromatic nitrogens is 2. The van der Waals surface area contributed by atoms with E-state index in [2.05, 4.69) is 5.32 Å². The monoisotopic (exact) mass is 259 g/mol. The summed E-state index contributed by atoms with van der Waals surface area (Å²) in [6.45, 7) is 1.98. The maximum atomic E-state index is 5.67. The summed E-state index contributed by atoms with van der Waals surface area (Å²) < 4.78 is 5.67. The fourth-order valence-electron chi connectivity index (χ4n) is 3.12. The third-order valence-electron chi connectivity index (χ3n) is 4.51. The van der Waals surface area contributed by atoms with Crippen molar-refractivity contribution in [3.8, 4) is 0 Å². The van der Waals surface area contributed by atoms with Gasteiger partial charge in [-0.05, 0) is 31.6 Å². The van der Waals surface area contributed by atoms with Crippen molar-refractivity contribution >= 4 is 0 Å². The summed E-state index contributed by atoms with van der Waals surface area (Å²) in [5, 5.41) is 3.45. The maximum absolute atomic E-state index is 5.67. The quantitative estimate of drug-likeness (QED) is 0.899. The second kappa shape index (κ2) is 4.53. The Kier molecular flexibility index (Phi) is 2.81. The van der Waals surface area contributed by atoms with Crippen LogP contribution in [0, 0.1) is 5.92 Å². The van der Waals surface area contributed by atoms with Gasteiger partial charge in [0.25, 0.3) is 0 Å². The molecule has 0 radical (unpaired) electrons. The average molecular weight is 259 g/mol. The molecule has 4 nitrogen and oxygen atoms in total. The highest BCUT2D eigenvalue weighted by molar-refractivity contribution is 5.33. The molecule has 3 aliphatic rings. The molecule has 1 aromatic heterocycles. The van der Waals surface area contributed by atoms with Crippen LogP contribution in [0.1, 0.15) is 60.5 Å². The van der Waals surface area contributed by atoms with Gasteiger partial charge < -0.3 is 10.1 Å². The lowest BCUT2D eigenvalue weighted by molar-refractivity contribution is 0.0767. The van der Waals surface area contributed by atoms with E-state index in [0.717, 1.165) is 25.3 Å². The van der Waals surface area contributed by atoms with Crippen LogP contribution in [-0.4, -0.2) is 23.6 Å². The van der Waals surface area contributed by atoms with E-state index < -0.39 is 0 Å². The molecule has 4 rings (SSSR count). The van der Waals surface area contributed by atoms with Crippen molar-refractivity contribution in [3.05, 3.63) is 22.8 Å². The van der Waals surface area contributed by atoms with E-state index in [4.69, 9.17) is 14.7 Å². The molecule has 1 atom stereocenters. The second-order valence-electron chi connectivity index (χ2n) is 6.09. The molecule has 1 aliphatic heterocycles. The first-order valence-corrected chi connectivity index (χ1v) is 7.50. The predicted octanol–water partition coefficient (Wildman–Crippen LogP) is 2.10. The number of rotatable bonds is 4. The number of hydrogen-bond donors (Lipinski definition) is 1. The summed E-state index contributed by atoms with van der Waals surface area (Å²) in [6.07, 6.45) is 6.27. The van der Waals surface area contributed by atoms with E-state index in [1.165, 1.54) is 42.6 Å². The third-order valence-corrected chi connectivity index (χ3v) is 4.51. The number of nitrogens with zero attached hydrogens (tertiary/aromatic N) is 2. The summed E-state index contributed by atoms with van der Waals surface area (Å²) in [7, 11) is 1.80. The Morgan fingerprint density at radius 3 is 2.74 bits per heavy atom. The van der Waals surface area contributed by atoms with Crippen LogP contribution in [0.2, 0.25) is 0 Å². The molecule has 0 saturated heterocycles. The number of ether oxygens (including phenoxy) is 1. The molecule has 1 aromatic rings. The van der Waals surface area contributed by atoms with Gasteiger partial charge in [0.05, 0.1) is 11.4 Å².